The van der Waals surface area contributed by atoms with Crippen LogP contribution in [0, 0.1) is 0 Å². The third kappa shape index (κ3) is 6.90. The molecule has 2 aromatic carbocycles. The quantitative estimate of drug-likeness (QED) is 0.312. The topological polar surface area (TPSA) is 71.3 Å². The Labute approximate surface area is 208 Å². The maximum absolute atomic E-state index is 12.5. The first-order valence-electron chi connectivity index (χ1n) is 10.9. The number of rotatable bonds is 10. The molecule has 34 heavy (non-hydrogen) atoms. The predicted molar refractivity (Wildman–Crippen MR) is 133 cm³/mol. The highest BCUT2D eigenvalue weighted by Crippen LogP contribution is 2.24. The number of benzene rings is 2. The lowest BCUT2D eigenvalue weighted by atomic mass is 10.1. The van der Waals surface area contributed by atoms with Gasteiger partial charge in [-0.25, -0.2) is 4.98 Å². The molecule has 0 aliphatic heterocycles. The van der Waals surface area contributed by atoms with Crippen LogP contribution in [0.2, 0.25) is 10.0 Å². The summed E-state index contributed by atoms with van der Waals surface area (Å²) in [5.41, 5.74) is 3.26. The van der Waals surface area contributed by atoms with Crippen molar-refractivity contribution in [3.8, 4) is 0 Å². The highest BCUT2D eigenvalue weighted by atomic mass is 35.5. The van der Waals surface area contributed by atoms with Gasteiger partial charge in [0.25, 0.3) is 5.91 Å². The van der Waals surface area contributed by atoms with Crippen LogP contribution in [0.1, 0.15) is 33.2 Å². The van der Waals surface area contributed by atoms with Gasteiger partial charge in [0.05, 0.1) is 6.54 Å². The zero-order valence-electron chi connectivity index (χ0n) is 18.5. The van der Waals surface area contributed by atoms with E-state index < -0.39 is 0 Å². The van der Waals surface area contributed by atoms with Crippen molar-refractivity contribution in [3.05, 3.63) is 118 Å². The first kappa shape index (κ1) is 24.0. The van der Waals surface area contributed by atoms with E-state index in [2.05, 4.69) is 32.3 Å². The maximum Gasteiger partial charge on any atom is 0.273 e. The van der Waals surface area contributed by atoms with Crippen LogP contribution in [0.5, 0.6) is 0 Å². The van der Waals surface area contributed by atoms with E-state index >= 15 is 0 Å². The molecular weight excluding hydrogens is 471 g/mol. The Hall–Kier alpha value is -3.19. The molecule has 0 spiro atoms. The molecule has 8 heteroatoms. The zero-order chi connectivity index (χ0) is 23.8. The number of carbonyl (C=O) groups is 1. The molecular formula is C26H24Cl2N4O2. The van der Waals surface area contributed by atoms with Gasteiger partial charge in [0.1, 0.15) is 6.26 Å². The molecule has 0 unspecified atom stereocenters. The predicted octanol–water partition coefficient (Wildman–Crippen LogP) is 5.55. The van der Waals surface area contributed by atoms with Crippen LogP contribution in [-0.2, 0) is 26.1 Å². The maximum atomic E-state index is 12.5. The summed E-state index contributed by atoms with van der Waals surface area (Å²) in [5, 5.41) is 4.06. The summed E-state index contributed by atoms with van der Waals surface area (Å²) in [4.78, 5) is 23.3. The van der Waals surface area contributed by atoms with E-state index in [4.69, 9.17) is 27.6 Å². The fourth-order valence-electron chi connectivity index (χ4n) is 3.52. The molecule has 4 rings (SSSR count). The first-order chi connectivity index (χ1) is 16.6. The Morgan fingerprint density at radius 1 is 0.971 bits per heavy atom. The molecule has 6 nitrogen and oxygen atoms in total. The molecule has 1 N–H and O–H groups in total. The average molecular weight is 495 g/mol. The van der Waals surface area contributed by atoms with E-state index in [0.717, 1.165) is 16.8 Å². The molecule has 0 atom stereocenters. The summed E-state index contributed by atoms with van der Waals surface area (Å²) in [7, 11) is 0. The molecule has 0 saturated carbocycles. The van der Waals surface area contributed by atoms with Crippen molar-refractivity contribution >= 4 is 29.1 Å². The Balaban J connectivity index is 1.41. The Kier molecular flexibility index (Phi) is 8.31. The average Bonchev–Trinajstić information content (AvgIpc) is 3.31. The van der Waals surface area contributed by atoms with E-state index in [-0.39, 0.29) is 11.6 Å². The van der Waals surface area contributed by atoms with Crippen molar-refractivity contribution in [1.29, 1.82) is 0 Å². The van der Waals surface area contributed by atoms with Gasteiger partial charge in [-0.3, -0.25) is 14.7 Å². The number of nitrogens with one attached hydrogen (secondary N) is 1. The number of hydrogen-bond acceptors (Lipinski definition) is 5. The number of amides is 1. The number of halogens is 2. The second-order valence-electron chi connectivity index (χ2n) is 7.82. The summed E-state index contributed by atoms with van der Waals surface area (Å²) in [5.74, 6) is 0.178. The second kappa shape index (κ2) is 11.8. The van der Waals surface area contributed by atoms with Crippen molar-refractivity contribution in [3.63, 3.8) is 0 Å². The van der Waals surface area contributed by atoms with E-state index in [9.17, 15) is 4.79 Å². The van der Waals surface area contributed by atoms with E-state index in [1.165, 1.54) is 6.26 Å². The Morgan fingerprint density at radius 3 is 2.56 bits per heavy atom. The largest absolute Gasteiger partial charge is 0.447 e. The molecule has 4 aromatic rings. The number of nitrogens with zero attached hydrogens (tertiary/aromatic N) is 3. The third-order valence-electron chi connectivity index (χ3n) is 5.19. The third-order valence-corrected chi connectivity index (χ3v) is 5.78. The van der Waals surface area contributed by atoms with Gasteiger partial charge < -0.3 is 9.73 Å². The minimum atomic E-state index is -0.277. The molecule has 0 fully saturated rings. The van der Waals surface area contributed by atoms with Crippen LogP contribution >= 0.6 is 23.2 Å². The van der Waals surface area contributed by atoms with Crippen molar-refractivity contribution in [2.24, 2.45) is 0 Å². The minimum Gasteiger partial charge on any atom is -0.447 e. The van der Waals surface area contributed by atoms with Gasteiger partial charge >= 0.3 is 0 Å². The molecule has 0 aliphatic rings. The summed E-state index contributed by atoms with van der Waals surface area (Å²) in [6.07, 6.45) is 3.77. The molecule has 2 heterocycles. The fourth-order valence-corrected chi connectivity index (χ4v) is 3.99. The molecule has 0 saturated heterocycles. The lowest BCUT2D eigenvalue weighted by molar-refractivity contribution is 0.0949. The van der Waals surface area contributed by atoms with Crippen LogP contribution in [0.3, 0.4) is 0 Å². The van der Waals surface area contributed by atoms with E-state index in [1.54, 1.807) is 12.3 Å². The van der Waals surface area contributed by atoms with Crippen LogP contribution in [-0.4, -0.2) is 27.3 Å². The summed E-state index contributed by atoms with van der Waals surface area (Å²) < 4.78 is 5.63. The van der Waals surface area contributed by atoms with Gasteiger partial charge in [-0.1, -0.05) is 65.7 Å². The van der Waals surface area contributed by atoms with Crippen LogP contribution < -0.4 is 5.32 Å². The van der Waals surface area contributed by atoms with Crippen molar-refractivity contribution in [2.75, 3.05) is 6.54 Å². The smallest absolute Gasteiger partial charge is 0.273 e. The lowest BCUT2D eigenvalue weighted by Gasteiger charge is -2.21. The fraction of sp³-hybridized carbons (Fsp3) is 0.192. The lowest BCUT2D eigenvalue weighted by Crippen LogP contribution is -2.26. The van der Waals surface area contributed by atoms with E-state index in [0.29, 0.717) is 48.5 Å². The molecule has 2 aromatic heterocycles. The zero-order valence-corrected chi connectivity index (χ0v) is 20.0. The SMILES string of the molecule is O=C(NCCc1ccccn1)c1coc(CN(Cc2ccccc2)Cc2ccc(Cl)cc2Cl)n1. The first-order valence-corrected chi connectivity index (χ1v) is 11.6. The molecule has 0 aliphatic carbocycles. The molecule has 1 amide bonds. The minimum absolute atomic E-state index is 0.250. The molecule has 0 radical (unpaired) electrons. The highest BCUT2D eigenvalue weighted by Gasteiger charge is 2.17. The highest BCUT2D eigenvalue weighted by molar-refractivity contribution is 6.35. The molecule has 174 valence electrons. The second-order valence-corrected chi connectivity index (χ2v) is 8.66. The standard InChI is InChI=1S/C26H24Cl2N4O2/c27-21-10-9-20(23(28)14-21)16-32(15-19-6-2-1-3-7-19)17-25-31-24(18-34-25)26(33)30-13-11-22-8-4-5-12-29-22/h1-10,12,14,18H,11,13,15-17H2,(H,30,33). The normalized spacial score (nSPS) is 11.0. The monoisotopic (exact) mass is 494 g/mol. The van der Waals surface area contributed by atoms with Crippen molar-refractivity contribution < 1.29 is 9.21 Å². The van der Waals surface area contributed by atoms with Crippen molar-refractivity contribution in [2.45, 2.75) is 26.1 Å². The summed E-state index contributed by atoms with van der Waals surface area (Å²) in [6, 6.07) is 21.3. The van der Waals surface area contributed by atoms with E-state index in [1.807, 2.05) is 48.5 Å². The summed E-state index contributed by atoms with van der Waals surface area (Å²) in [6.45, 7) is 2.11. The van der Waals surface area contributed by atoms with Crippen LogP contribution in [0.15, 0.2) is 83.6 Å². The van der Waals surface area contributed by atoms with Gasteiger partial charge in [0.2, 0.25) is 5.89 Å². The number of carbonyl (C=O) groups excluding carboxylic acids is 1. The Morgan fingerprint density at radius 2 is 1.79 bits per heavy atom. The van der Waals surface area contributed by atoms with Gasteiger partial charge in [-0.2, -0.15) is 0 Å². The van der Waals surface area contributed by atoms with Gasteiger partial charge in [0.15, 0.2) is 5.69 Å². The Bertz CT molecular complexity index is 1220. The number of oxazole rings is 1. The van der Waals surface area contributed by atoms with Gasteiger partial charge in [0, 0.05) is 48.0 Å². The van der Waals surface area contributed by atoms with Crippen LogP contribution in [0.4, 0.5) is 0 Å². The summed E-state index contributed by atoms with van der Waals surface area (Å²) >= 11 is 12.5. The molecule has 0 bridgehead atoms. The van der Waals surface area contributed by atoms with Crippen LogP contribution in [0.25, 0.3) is 0 Å². The number of hydrogen-bond donors (Lipinski definition) is 1. The number of pyridine rings is 1. The van der Waals surface area contributed by atoms with Gasteiger partial charge in [-0.15, -0.1) is 0 Å². The van der Waals surface area contributed by atoms with Gasteiger partial charge in [-0.05, 0) is 35.4 Å². The number of aromatic nitrogens is 2. The van der Waals surface area contributed by atoms with Crippen molar-refractivity contribution in [1.82, 2.24) is 20.2 Å².